The number of nitrogens with zero attached hydrogens (tertiary/aromatic N) is 1. The molecule has 0 aromatic heterocycles. The van der Waals surface area contributed by atoms with Crippen LogP contribution in [0.15, 0.2) is 24.3 Å². The third-order valence-electron chi connectivity index (χ3n) is 4.83. The Kier molecular flexibility index (Phi) is 5.64. The van der Waals surface area contributed by atoms with Crippen LogP contribution < -0.4 is 0 Å². The van der Waals surface area contributed by atoms with Crippen LogP contribution in [0.25, 0.3) is 0 Å². The highest BCUT2D eigenvalue weighted by Gasteiger charge is 2.38. The van der Waals surface area contributed by atoms with Gasteiger partial charge in [-0.2, -0.15) is 13.2 Å². The summed E-state index contributed by atoms with van der Waals surface area (Å²) in [5.74, 6) is -1.49. The van der Waals surface area contributed by atoms with E-state index in [0.717, 1.165) is 12.5 Å². The second-order valence-corrected chi connectivity index (χ2v) is 9.28. The van der Waals surface area contributed by atoms with Gasteiger partial charge in [0.2, 0.25) is 0 Å². The Labute approximate surface area is 141 Å². The maximum Gasteiger partial charge on any atom is 0.395 e. The molecule has 24 heavy (non-hydrogen) atoms. The molecule has 1 aromatic rings. The summed E-state index contributed by atoms with van der Waals surface area (Å²) in [5.41, 5.74) is 1.14. The van der Waals surface area contributed by atoms with Crippen LogP contribution in [0.2, 0.25) is 0 Å². The number of hydrogen-bond donors (Lipinski definition) is 0. The molecular formula is C17H24F3NO2S. The first-order valence-electron chi connectivity index (χ1n) is 8.16. The Balaban J connectivity index is 2.07. The van der Waals surface area contributed by atoms with Crippen molar-refractivity contribution in [2.24, 2.45) is 0 Å². The molecule has 1 heterocycles. The second-order valence-electron chi connectivity index (χ2n) is 6.63. The van der Waals surface area contributed by atoms with Gasteiger partial charge in [-0.1, -0.05) is 31.2 Å². The van der Waals surface area contributed by atoms with Crippen molar-refractivity contribution in [2.45, 2.75) is 56.3 Å². The predicted molar refractivity (Wildman–Crippen MR) is 88.6 cm³/mol. The van der Waals surface area contributed by atoms with E-state index in [1.54, 1.807) is 19.1 Å². The van der Waals surface area contributed by atoms with Gasteiger partial charge in [-0.3, -0.25) is 4.90 Å². The highest BCUT2D eigenvalue weighted by molar-refractivity contribution is 7.92. The van der Waals surface area contributed by atoms with E-state index in [-0.39, 0.29) is 10.8 Å². The molecule has 1 aliphatic rings. The van der Waals surface area contributed by atoms with Gasteiger partial charge in [-0.15, -0.1) is 0 Å². The maximum absolute atomic E-state index is 12.7. The van der Waals surface area contributed by atoms with Crippen LogP contribution in [0.3, 0.4) is 0 Å². The number of halogens is 3. The molecule has 3 unspecified atom stereocenters. The maximum atomic E-state index is 12.7. The largest absolute Gasteiger partial charge is 0.395 e. The molecule has 0 bridgehead atoms. The summed E-state index contributed by atoms with van der Waals surface area (Å²) in [6.07, 6.45) is -3.67. The Morgan fingerprint density at radius 2 is 1.79 bits per heavy atom. The summed E-state index contributed by atoms with van der Waals surface area (Å²) in [6, 6.07) is 6.42. The van der Waals surface area contributed by atoms with E-state index >= 15 is 0 Å². The molecule has 0 radical (unpaired) electrons. The van der Waals surface area contributed by atoms with Gasteiger partial charge >= 0.3 is 6.18 Å². The highest BCUT2D eigenvalue weighted by atomic mass is 32.2. The summed E-state index contributed by atoms with van der Waals surface area (Å²) in [6.45, 7) is 6.22. The van der Waals surface area contributed by atoms with Crippen molar-refractivity contribution in [3.63, 3.8) is 0 Å². The van der Waals surface area contributed by atoms with Crippen molar-refractivity contribution < 1.29 is 21.6 Å². The smallest absolute Gasteiger partial charge is 0.297 e. The zero-order valence-electron chi connectivity index (χ0n) is 14.2. The van der Waals surface area contributed by atoms with E-state index in [2.05, 4.69) is 4.90 Å². The van der Waals surface area contributed by atoms with Crippen LogP contribution in [0.1, 0.15) is 44.2 Å². The number of hydrogen-bond acceptors (Lipinski definition) is 3. The summed E-state index contributed by atoms with van der Waals surface area (Å²) in [7, 11) is -3.08. The Morgan fingerprint density at radius 3 is 2.29 bits per heavy atom. The minimum atomic E-state index is -4.24. The van der Waals surface area contributed by atoms with E-state index in [1.165, 1.54) is 12.1 Å². The zero-order valence-corrected chi connectivity index (χ0v) is 15.0. The van der Waals surface area contributed by atoms with Crippen molar-refractivity contribution in [3.05, 3.63) is 35.4 Å². The molecule has 2 rings (SSSR count). The molecule has 0 saturated carbocycles. The van der Waals surface area contributed by atoms with Crippen molar-refractivity contribution >= 4 is 9.84 Å². The first kappa shape index (κ1) is 19.2. The normalized spacial score (nSPS) is 26.2. The third kappa shape index (κ3) is 4.11. The lowest BCUT2D eigenvalue weighted by Crippen LogP contribution is -2.50. The van der Waals surface area contributed by atoms with Gasteiger partial charge in [0.05, 0.1) is 16.4 Å². The summed E-state index contributed by atoms with van der Waals surface area (Å²) in [5, 5.41) is -0.786. The lowest BCUT2D eigenvalue weighted by Gasteiger charge is -2.36. The van der Waals surface area contributed by atoms with E-state index in [9.17, 15) is 21.6 Å². The van der Waals surface area contributed by atoms with Crippen LogP contribution in [-0.4, -0.2) is 43.1 Å². The molecule has 1 fully saturated rings. The van der Waals surface area contributed by atoms with Gasteiger partial charge in [-0.25, -0.2) is 8.42 Å². The van der Waals surface area contributed by atoms with E-state index in [1.807, 2.05) is 6.92 Å². The zero-order chi connectivity index (χ0) is 18.1. The van der Waals surface area contributed by atoms with Crippen LogP contribution >= 0.6 is 0 Å². The molecule has 1 aliphatic heterocycles. The average Bonchev–Trinajstić information content (AvgIpc) is 2.50. The SMILES string of the molecule is CCC1CN(Cc2ccc(C(C)C(F)(F)F)cc2)CC(C)S1(=O)=O. The van der Waals surface area contributed by atoms with Crippen LogP contribution in [0, 0.1) is 0 Å². The number of rotatable bonds is 4. The van der Waals surface area contributed by atoms with Crippen LogP contribution in [0.5, 0.6) is 0 Å². The molecule has 3 atom stereocenters. The minimum absolute atomic E-state index is 0.243. The molecular weight excluding hydrogens is 339 g/mol. The monoisotopic (exact) mass is 363 g/mol. The molecule has 3 nitrogen and oxygen atoms in total. The van der Waals surface area contributed by atoms with Gasteiger partial charge in [0.25, 0.3) is 0 Å². The molecule has 0 spiro atoms. The summed E-state index contributed by atoms with van der Waals surface area (Å²) >= 11 is 0. The van der Waals surface area contributed by atoms with Gasteiger partial charge in [-0.05, 0) is 31.4 Å². The van der Waals surface area contributed by atoms with Gasteiger partial charge in [0.15, 0.2) is 9.84 Å². The molecule has 136 valence electrons. The van der Waals surface area contributed by atoms with Crippen LogP contribution in [0.4, 0.5) is 13.2 Å². The lowest BCUT2D eigenvalue weighted by atomic mass is 9.99. The minimum Gasteiger partial charge on any atom is -0.297 e. The van der Waals surface area contributed by atoms with Crippen molar-refractivity contribution in [1.29, 1.82) is 0 Å². The van der Waals surface area contributed by atoms with Gasteiger partial charge in [0, 0.05) is 19.6 Å². The van der Waals surface area contributed by atoms with Crippen molar-refractivity contribution in [2.75, 3.05) is 13.1 Å². The fraction of sp³-hybridized carbons (Fsp3) is 0.647. The number of sulfone groups is 1. The first-order chi connectivity index (χ1) is 11.1. The molecule has 0 amide bonds. The molecule has 0 N–H and O–H groups in total. The Morgan fingerprint density at radius 1 is 1.21 bits per heavy atom. The van der Waals surface area contributed by atoms with Crippen LogP contribution in [-0.2, 0) is 16.4 Å². The highest BCUT2D eigenvalue weighted by Crippen LogP contribution is 2.34. The predicted octanol–water partition coefficient (Wildman–Crippen LogP) is 3.75. The van der Waals surface area contributed by atoms with Gasteiger partial charge < -0.3 is 0 Å². The fourth-order valence-corrected chi connectivity index (χ4v) is 5.07. The topological polar surface area (TPSA) is 37.4 Å². The third-order valence-corrected chi connectivity index (χ3v) is 7.52. The Bertz CT molecular complexity index is 655. The van der Waals surface area contributed by atoms with E-state index in [0.29, 0.717) is 26.1 Å². The average molecular weight is 363 g/mol. The quantitative estimate of drug-likeness (QED) is 0.818. The molecule has 7 heteroatoms. The van der Waals surface area contributed by atoms with Crippen molar-refractivity contribution in [1.82, 2.24) is 4.90 Å². The molecule has 0 aliphatic carbocycles. The standard InChI is InChI=1S/C17H24F3NO2S/c1-4-16-11-21(9-12(2)24(16,22)23)10-14-5-7-15(8-6-14)13(3)17(18,19)20/h5-8,12-13,16H,4,9-11H2,1-3H3. The first-order valence-corrected chi connectivity index (χ1v) is 9.77. The molecule has 1 aromatic carbocycles. The van der Waals surface area contributed by atoms with E-state index in [4.69, 9.17) is 0 Å². The Hall–Kier alpha value is -1.08. The number of benzene rings is 1. The summed E-state index contributed by atoms with van der Waals surface area (Å²) < 4.78 is 62.7. The van der Waals surface area contributed by atoms with Crippen molar-refractivity contribution in [3.8, 4) is 0 Å². The van der Waals surface area contributed by atoms with Gasteiger partial charge in [0.1, 0.15) is 0 Å². The number of alkyl halides is 3. The van der Waals surface area contributed by atoms with E-state index < -0.39 is 27.2 Å². The molecule has 1 saturated heterocycles. The lowest BCUT2D eigenvalue weighted by molar-refractivity contribution is -0.146. The fourth-order valence-electron chi connectivity index (χ4n) is 3.11. The second kappa shape index (κ2) is 7.04. The summed E-state index contributed by atoms with van der Waals surface area (Å²) in [4.78, 5) is 2.07.